The van der Waals surface area contributed by atoms with Crippen molar-refractivity contribution in [2.45, 2.75) is 13.3 Å². The molecule has 0 radical (unpaired) electrons. The van der Waals surface area contributed by atoms with Crippen LogP contribution in [0.5, 0.6) is 0 Å². The third-order valence-electron chi connectivity index (χ3n) is 1.75. The summed E-state index contributed by atoms with van der Waals surface area (Å²) in [7, 11) is 0. The summed E-state index contributed by atoms with van der Waals surface area (Å²) in [6.07, 6.45) is 1.06. The molecule has 1 heterocycles. The van der Waals surface area contributed by atoms with Gasteiger partial charge in [0.2, 0.25) is 0 Å². The highest BCUT2D eigenvalue weighted by atomic mass is 15.2. The zero-order valence-corrected chi connectivity index (χ0v) is 5.80. The lowest BCUT2D eigenvalue weighted by Gasteiger charge is -2.07. The van der Waals surface area contributed by atoms with Crippen molar-refractivity contribution >= 4 is 5.71 Å². The van der Waals surface area contributed by atoms with Gasteiger partial charge in [-0.05, 0) is 6.54 Å². The first-order valence-electron chi connectivity index (χ1n) is 3.34. The second-order valence-corrected chi connectivity index (χ2v) is 2.31. The van der Waals surface area contributed by atoms with Crippen molar-refractivity contribution in [2.24, 2.45) is 10.9 Å². The molecule has 52 valence electrons. The summed E-state index contributed by atoms with van der Waals surface area (Å²) >= 11 is 0. The molecule has 0 aromatic rings. The van der Waals surface area contributed by atoms with Crippen LogP contribution < -0.4 is 5.84 Å². The molecule has 0 atom stereocenters. The Labute approximate surface area is 55.5 Å². The molecule has 1 rings (SSSR count). The molecule has 0 aromatic carbocycles. The predicted octanol–water partition coefficient (Wildman–Crippen LogP) is 0.0267. The van der Waals surface area contributed by atoms with Gasteiger partial charge in [0, 0.05) is 19.5 Å². The molecule has 0 saturated carbocycles. The standard InChI is InChI=1S/C6H13N3/c1-2-9-4-3-6(5-9)8-7/h2-5,7H2,1H3/b8-6-. The number of hydrogen-bond acceptors (Lipinski definition) is 3. The van der Waals surface area contributed by atoms with Crippen molar-refractivity contribution in [3.63, 3.8) is 0 Å². The highest BCUT2D eigenvalue weighted by Crippen LogP contribution is 2.03. The van der Waals surface area contributed by atoms with Crippen molar-refractivity contribution in [3.8, 4) is 0 Å². The first kappa shape index (κ1) is 6.55. The summed E-state index contributed by atoms with van der Waals surface area (Å²) in [6, 6.07) is 0. The Morgan fingerprint density at radius 3 is 2.89 bits per heavy atom. The van der Waals surface area contributed by atoms with E-state index >= 15 is 0 Å². The first-order chi connectivity index (χ1) is 4.36. The molecule has 0 amide bonds. The lowest BCUT2D eigenvalue weighted by atomic mass is 10.3. The van der Waals surface area contributed by atoms with Gasteiger partial charge in [-0.25, -0.2) is 0 Å². The average Bonchev–Trinajstić information content (AvgIpc) is 2.34. The van der Waals surface area contributed by atoms with Crippen molar-refractivity contribution < 1.29 is 0 Å². The van der Waals surface area contributed by atoms with E-state index in [1.807, 2.05) is 0 Å². The maximum Gasteiger partial charge on any atom is 0.0528 e. The number of hydrazone groups is 1. The van der Waals surface area contributed by atoms with Gasteiger partial charge >= 0.3 is 0 Å². The quantitative estimate of drug-likeness (QED) is 0.399. The van der Waals surface area contributed by atoms with Gasteiger partial charge in [0.05, 0.1) is 5.71 Å². The zero-order chi connectivity index (χ0) is 6.69. The van der Waals surface area contributed by atoms with E-state index in [9.17, 15) is 0 Å². The van der Waals surface area contributed by atoms with Crippen molar-refractivity contribution in [3.05, 3.63) is 0 Å². The molecule has 3 nitrogen and oxygen atoms in total. The molecule has 0 bridgehead atoms. The summed E-state index contributed by atoms with van der Waals surface area (Å²) in [6.45, 7) is 5.37. The molecule has 2 N–H and O–H groups in total. The average molecular weight is 127 g/mol. The van der Waals surface area contributed by atoms with Crippen LogP contribution in [0.2, 0.25) is 0 Å². The normalized spacial score (nSPS) is 25.7. The number of nitrogens with zero attached hydrogens (tertiary/aromatic N) is 2. The molecule has 1 aliphatic rings. The molecule has 0 spiro atoms. The SMILES string of the molecule is CCN1CC/C(=N/N)C1. The van der Waals surface area contributed by atoms with E-state index in [0.717, 1.165) is 31.8 Å². The molecule has 1 aliphatic heterocycles. The van der Waals surface area contributed by atoms with Gasteiger partial charge in [-0.2, -0.15) is 5.10 Å². The molecule has 1 saturated heterocycles. The second-order valence-electron chi connectivity index (χ2n) is 2.31. The molecular formula is C6H13N3. The lowest BCUT2D eigenvalue weighted by molar-refractivity contribution is 0.368. The summed E-state index contributed by atoms with van der Waals surface area (Å²) in [5.74, 6) is 5.11. The number of nitrogens with two attached hydrogens (primary N) is 1. The van der Waals surface area contributed by atoms with E-state index < -0.39 is 0 Å². The van der Waals surface area contributed by atoms with Crippen LogP contribution in [0.3, 0.4) is 0 Å². The Morgan fingerprint density at radius 1 is 1.78 bits per heavy atom. The Balaban J connectivity index is 2.38. The summed E-state index contributed by atoms with van der Waals surface area (Å²) in [5.41, 5.74) is 1.14. The third-order valence-corrected chi connectivity index (χ3v) is 1.75. The van der Waals surface area contributed by atoms with E-state index in [-0.39, 0.29) is 0 Å². The fourth-order valence-electron chi connectivity index (χ4n) is 1.08. The highest BCUT2D eigenvalue weighted by Gasteiger charge is 2.14. The van der Waals surface area contributed by atoms with E-state index in [0.29, 0.717) is 0 Å². The summed E-state index contributed by atoms with van der Waals surface area (Å²) in [5, 5.41) is 3.66. The monoisotopic (exact) mass is 127 g/mol. The van der Waals surface area contributed by atoms with Crippen LogP contribution in [0.25, 0.3) is 0 Å². The van der Waals surface area contributed by atoms with Gasteiger partial charge in [0.1, 0.15) is 0 Å². The summed E-state index contributed by atoms with van der Waals surface area (Å²) < 4.78 is 0. The molecular weight excluding hydrogens is 114 g/mol. The van der Waals surface area contributed by atoms with E-state index in [1.165, 1.54) is 0 Å². The maximum absolute atomic E-state index is 5.11. The van der Waals surface area contributed by atoms with Gasteiger partial charge in [-0.15, -0.1) is 0 Å². The fourth-order valence-corrected chi connectivity index (χ4v) is 1.08. The minimum absolute atomic E-state index is 0.979. The molecule has 0 unspecified atom stereocenters. The largest absolute Gasteiger partial charge is 0.323 e. The molecule has 3 heteroatoms. The van der Waals surface area contributed by atoms with Crippen LogP contribution in [0.1, 0.15) is 13.3 Å². The van der Waals surface area contributed by atoms with Crippen molar-refractivity contribution in [1.29, 1.82) is 0 Å². The topological polar surface area (TPSA) is 41.6 Å². The Morgan fingerprint density at radius 2 is 2.56 bits per heavy atom. The van der Waals surface area contributed by atoms with Crippen LogP contribution in [0, 0.1) is 0 Å². The van der Waals surface area contributed by atoms with Gasteiger partial charge < -0.3 is 5.84 Å². The molecule has 9 heavy (non-hydrogen) atoms. The fraction of sp³-hybridized carbons (Fsp3) is 0.833. The van der Waals surface area contributed by atoms with Crippen LogP contribution >= 0.6 is 0 Å². The minimum Gasteiger partial charge on any atom is -0.323 e. The Bertz CT molecular complexity index is 119. The van der Waals surface area contributed by atoms with Crippen LogP contribution in [-0.2, 0) is 0 Å². The zero-order valence-electron chi connectivity index (χ0n) is 5.80. The predicted molar refractivity (Wildman–Crippen MR) is 38.4 cm³/mol. The second kappa shape index (κ2) is 2.82. The van der Waals surface area contributed by atoms with Crippen LogP contribution in [0.4, 0.5) is 0 Å². The Kier molecular flexibility index (Phi) is 2.05. The van der Waals surface area contributed by atoms with E-state index in [1.54, 1.807) is 0 Å². The molecule has 1 fully saturated rings. The molecule has 0 aromatic heterocycles. The van der Waals surface area contributed by atoms with Gasteiger partial charge in [-0.3, -0.25) is 4.90 Å². The van der Waals surface area contributed by atoms with Crippen molar-refractivity contribution in [2.75, 3.05) is 19.6 Å². The number of hydrogen-bond donors (Lipinski definition) is 1. The van der Waals surface area contributed by atoms with E-state index in [2.05, 4.69) is 16.9 Å². The Hall–Kier alpha value is -0.570. The van der Waals surface area contributed by atoms with Crippen LogP contribution in [-0.4, -0.2) is 30.2 Å². The maximum atomic E-state index is 5.11. The highest BCUT2D eigenvalue weighted by molar-refractivity contribution is 5.87. The van der Waals surface area contributed by atoms with Crippen molar-refractivity contribution in [1.82, 2.24) is 4.90 Å². The van der Waals surface area contributed by atoms with Gasteiger partial charge in [0.15, 0.2) is 0 Å². The van der Waals surface area contributed by atoms with E-state index in [4.69, 9.17) is 5.84 Å². The minimum atomic E-state index is 0.979. The third kappa shape index (κ3) is 1.42. The smallest absolute Gasteiger partial charge is 0.0528 e. The van der Waals surface area contributed by atoms with Gasteiger partial charge in [-0.1, -0.05) is 6.92 Å². The number of rotatable bonds is 1. The number of likely N-dealkylation sites (tertiary alicyclic amines) is 1. The van der Waals surface area contributed by atoms with Gasteiger partial charge in [0.25, 0.3) is 0 Å². The summed E-state index contributed by atoms with van der Waals surface area (Å²) in [4.78, 5) is 2.33. The van der Waals surface area contributed by atoms with Crippen LogP contribution in [0.15, 0.2) is 5.10 Å². The molecule has 0 aliphatic carbocycles. The lowest BCUT2D eigenvalue weighted by Crippen LogP contribution is -2.19. The first-order valence-corrected chi connectivity index (χ1v) is 3.34.